The summed E-state index contributed by atoms with van der Waals surface area (Å²) in [6.07, 6.45) is 6.72. The Hall–Kier alpha value is -0.0400. The average Bonchev–Trinajstić information content (AvgIpc) is 2.21. The molecule has 0 aromatic rings. The van der Waals surface area contributed by atoms with Gasteiger partial charge in [-0.05, 0) is 44.1 Å². The van der Waals surface area contributed by atoms with E-state index < -0.39 is 0 Å². The van der Waals surface area contributed by atoms with E-state index in [-0.39, 0.29) is 0 Å². The van der Waals surface area contributed by atoms with E-state index in [0.29, 0.717) is 5.41 Å². The van der Waals surface area contributed by atoms with E-state index in [2.05, 4.69) is 53.4 Å². The molecule has 0 N–H and O–H groups in total. The molecule has 0 aliphatic rings. The van der Waals surface area contributed by atoms with E-state index in [1.54, 1.807) is 0 Å². The van der Waals surface area contributed by atoms with Crippen LogP contribution < -0.4 is 0 Å². The summed E-state index contributed by atoms with van der Waals surface area (Å²) in [6.45, 7) is 19.0. The first kappa shape index (κ1) is 18.0. The van der Waals surface area contributed by atoms with Crippen molar-refractivity contribution in [3.63, 3.8) is 0 Å². The zero-order valence-electron chi connectivity index (χ0n) is 14.1. The van der Waals surface area contributed by atoms with Crippen molar-refractivity contribution in [2.24, 2.45) is 11.3 Å². The second kappa shape index (κ2) is 8.96. The summed E-state index contributed by atoms with van der Waals surface area (Å²) in [5.41, 5.74) is 0.492. The molecule has 0 fully saturated rings. The Morgan fingerprint density at radius 2 is 1.61 bits per heavy atom. The zero-order valence-corrected chi connectivity index (χ0v) is 14.1. The van der Waals surface area contributed by atoms with Crippen molar-refractivity contribution in [2.45, 2.75) is 86.6 Å². The third kappa shape index (κ3) is 9.94. The molecule has 0 radical (unpaired) electrons. The quantitative estimate of drug-likeness (QED) is 0.537. The molecule has 0 heterocycles. The molecule has 1 heteroatoms. The molecular formula is C17H37N. The smallest absolute Gasteiger partial charge is 0.00670 e. The van der Waals surface area contributed by atoms with Gasteiger partial charge in [-0.1, -0.05) is 54.4 Å². The van der Waals surface area contributed by atoms with Crippen molar-refractivity contribution in [2.75, 3.05) is 13.1 Å². The lowest BCUT2D eigenvalue weighted by atomic mass is 9.89. The van der Waals surface area contributed by atoms with Gasteiger partial charge in [-0.3, -0.25) is 0 Å². The highest BCUT2D eigenvalue weighted by molar-refractivity contribution is 4.71. The molecule has 0 spiro atoms. The van der Waals surface area contributed by atoms with Crippen molar-refractivity contribution in [3.8, 4) is 0 Å². The van der Waals surface area contributed by atoms with Crippen LogP contribution >= 0.6 is 0 Å². The normalized spacial score (nSPS) is 14.5. The van der Waals surface area contributed by atoms with Gasteiger partial charge in [0.1, 0.15) is 0 Å². The van der Waals surface area contributed by atoms with Crippen molar-refractivity contribution in [1.29, 1.82) is 0 Å². The Balaban J connectivity index is 4.07. The number of hydrogen-bond donors (Lipinski definition) is 0. The molecule has 110 valence electrons. The lowest BCUT2D eigenvalue weighted by Gasteiger charge is -2.31. The maximum absolute atomic E-state index is 2.71. The molecule has 0 aliphatic carbocycles. The fourth-order valence-electron chi connectivity index (χ4n) is 2.43. The summed E-state index contributed by atoms with van der Waals surface area (Å²) in [5, 5.41) is 0. The van der Waals surface area contributed by atoms with Crippen LogP contribution in [0.15, 0.2) is 0 Å². The number of hydrogen-bond acceptors (Lipinski definition) is 1. The Kier molecular flexibility index (Phi) is 8.94. The van der Waals surface area contributed by atoms with Crippen LogP contribution in [0, 0.1) is 11.3 Å². The standard InChI is InChI=1S/C17H37N/c1-8-9-13-18(14-15(2)3)16(4)11-10-12-17(5,6)7/h15-16H,8-14H2,1-7H3. The highest BCUT2D eigenvalue weighted by Crippen LogP contribution is 2.23. The first-order valence-electron chi connectivity index (χ1n) is 8.00. The van der Waals surface area contributed by atoms with Gasteiger partial charge in [-0.15, -0.1) is 0 Å². The molecule has 0 rings (SSSR count). The van der Waals surface area contributed by atoms with Crippen molar-refractivity contribution in [3.05, 3.63) is 0 Å². The van der Waals surface area contributed by atoms with E-state index in [0.717, 1.165) is 12.0 Å². The van der Waals surface area contributed by atoms with Gasteiger partial charge in [-0.25, -0.2) is 0 Å². The minimum absolute atomic E-state index is 0.492. The van der Waals surface area contributed by atoms with Gasteiger partial charge in [0.2, 0.25) is 0 Å². The Bertz CT molecular complexity index is 190. The number of nitrogens with zero attached hydrogens (tertiary/aromatic N) is 1. The van der Waals surface area contributed by atoms with Gasteiger partial charge < -0.3 is 4.90 Å². The highest BCUT2D eigenvalue weighted by atomic mass is 15.1. The largest absolute Gasteiger partial charge is 0.300 e. The van der Waals surface area contributed by atoms with Crippen molar-refractivity contribution < 1.29 is 0 Å². The maximum Gasteiger partial charge on any atom is 0.00670 e. The maximum atomic E-state index is 2.71. The van der Waals surface area contributed by atoms with Crippen LogP contribution in [0.4, 0.5) is 0 Å². The van der Waals surface area contributed by atoms with E-state index in [4.69, 9.17) is 0 Å². The summed E-state index contributed by atoms with van der Waals surface area (Å²) in [7, 11) is 0. The fourth-order valence-corrected chi connectivity index (χ4v) is 2.43. The first-order valence-corrected chi connectivity index (χ1v) is 8.00. The lowest BCUT2D eigenvalue weighted by Crippen LogP contribution is -2.37. The van der Waals surface area contributed by atoms with Gasteiger partial charge in [0.15, 0.2) is 0 Å². The Morgan fingerprint density at radius 1 is 1.00 bits per heavy atom. The molecular weight excluding hydrogens is 218 g/mol. The van der Waals surface area contributed by atoms with Gasteiger partial charge in [0.25, 0.3) is 0 Å². The molecule has 18 heavy (non-hydrogen) atoms. The van der Waals surface area contributed by atoms with E-state index in [1.807, 2.05) is 0 Å². The molecule has 1 nitrogen and oxygen atoms in total. The van der Waals surface area contributed by atoms with Crippen molar-refractivity contribution in [1.82, 2.24) is 4.90 Å². The molecule has 0 saturated heterocycles. The third-order valence-electron chi connectivity index (χ3n) is 3.57. The molecule has 1 atom stereocenters. The predicted molar refractivity (Wildman–Crippen MR) is 84.1 cm³/mol. The molecule has 0 aliphatic heterocycles. The number of rotatable bonds is 9. The van der Waals surface area contributed by atoms with Gasteiger partial charge in [0, 0.05) is 12.6 Å². The zero-order chi connectivity index (χ0) is 14.2. The second-order valence-corrected chi connectivity index (χ2v) is 7.54. The summed E-state index contributed by atoms with van der Waals surface area (Å²) in [6, 6.07) is 0.751. The monoisotopic (exact) mass is 255 g/mol. The summed E-state index contributed by atoms with van der Waals surface area (Å²) in [4.78, 5) is 2.71. The summed E-state index contributed by atoms with van der Waals surface area (Å²) >= 11 is 0. The van der Waals surface area contributed by atoms with E-state index in [1.165, 1.54) is 45.2 Å². The average molecular weight is 255 g/mol. The van der Waals surface area contributed by atoms with Gasteiger partial charge >= 0.3 is 0 Å². The molecule has 1 unspecified atom stereocenters. The lowest BCUT2D eigenvalue weighted by molar-refractivity contribution is 0.169. The minimum Gasteiger partial charge on any atom is -0.300 e. The first-order chi connectivity index (χ1) is 8.26. The van der Waals surface area contributed by atoms with Gasteiger partial charge in [0.05, 0.1) is 0 Å². The van der Waals surface area contributed by atoms with Crippen molar-refractivity contribution >= 4 is 0 Å². The van der Waals surface area contributed by atoms with Crippen LogP contribution in [-0.2, 0) is 0 Å². The topological polar surface area (TPSA) is 3.24 Å². The molecule has 0 aromatic heterocycles. The molecule has 0 aromatic carbocycles. The predicted octanol–water partition coefficient (Wildman–Crippen LogP) is 5.35. The molecule has 0 saturated carbocycles. The molecule has 0 bridgehead atoms. The second-order valence-electron chi connectivity index (χ2n) is 7.54. The fraction of sp³-hybridized carbons (Fsp3) is 1.00. The Labute approximate surface area is 116 Å². The highest BCUT2D eigenvalue weighted by Gasteiger charge is 2.16. The van der Waals surface area contributed by atoms with Crippen LogP contribution in [0.3, 0.4) is 0 Å². The summed E-state index contributed by atoms with van der Waals surface area (Å²) < 4.78 is 0. The SMILES string of the molecule is CCCCN(CC(C)C)C(C)CCCC(C)(C)C. The van der Waals surface area contributed by atoms with Gasteiger partial charge in [-0.2, -0.15) is 0 Å². The van der Waals surface area contributed by atoms with Crippen LogP contribution in [-0.4, -0.2) is 24.0 Å². The Morgan fingerprint density at radius 3 is 2.06 bits per heavy atom. The van der Waals surface area contributed by atoms with Crippen LogP contribution in [0.5, 0.6) is 0 Å². The third-order valence-corrected chi connectivity index (χ3v) is 3.57. The summed E-state index contributed by atoms with van der Waals surface area (Å²) in [5.74, 6) is 0.784. The van der Waals surface area contributed by atoms with Crippen LogP contribution in [0.2, 0.25) is 0 Å². The molecule has 0 amide bonds. The number of unbranched alkanes of at least 4 members (excludes halogenated alkanes) is 1. The van der Waals surface area contributed by atoms with Crippen LogP contribution in [0.25, 0.3) is 0 Å². The van der Waals surface area contributed by atoms with E-state index in [9.17, 15) is 0 Å². The minimum atomic E-state index is 0.492. The van der Waals surface area contributed by atoms with Crippen LogP contribution in [0.1, 0.15) is 80.6 Å². The van der Waals surface area contributed by atoms with E-state index >= 15 is 0 Å².